The number of nitrogens with two attached hydrogens (primary N) is 1. The summed E-state index contributed by atoms with van der Waals surface area (Å²) in [4.78, 5) is 11.7. The van der Waals surface area contributed by atoms with Gasteiger partial charge in [-0.1, -0.05) is 12.1 Å². The van der Waals surface area contributed by atoms with Crippen molar-refractivity contribution in [1.29, 1.82) is 0 Å². The van der Waals surface area contributed by atoms with Crippen LogP contribution >= 0.6 is 11.3 Å². The van der Waals surface area contributed by atoms with Crippen LogP contribution in [0, 0.1) is 0 Å². The smallest absolute Gasteiger partial charge is 0.231 e. The largest absolute Gasteiger partial charge is 0.369 e. The summed E-state index contributed by atoms with van der Waals surface area (Å²) in [6.07, 6.45) is 1.76. The highest BCUT2D eigenvalue weighted by Crippen LogP contribution is 2.18. The first-order chi connectivity index (χ1) is 6.24. The van der Waals surface area contributed by atoms with Gasteiger partial charge in [-0.3, -0.25) is 10.1 Å². The lowest BCUT2D eigenvalue weighted by Crippen LogP contribution is -2.30. The van der Waals surface area contributed by atoms with Crippen molar-refractivity contribution in [3.63, 3.8) is 0 Å². The topological polar surface area (TPSA) is 55.1 Å². The van der Waals surface area contributed by atoms with Gasteiger partial charge in [0.1, 0.15) is 0 Å². The summed E-state index contributed by atoms with van der Waals surface area (Å²) in [5.74, 6) is -0.358. The van der Waals surface area contributed by atoms with Gasteiger partial charge in [-0.15, -0.1) is 17.9 Å². The Balaban J connectivity index is 2.54. The number of rotatable bonds is 5. The van der Waals surface area contributed by atoms with E-state index < -0.39 is 0 Å². The van der Waals surface area contributed by atoms with Crippen molar-refractivity contribution in [3.05, 3.63) is 35.0 Å². The van der Waals surface area contributed by atoms with Gasteiger partial charge in [0.15, 0.2) is 0 Å². The van der Waals surface area contributed by atoms with Crippen molar-refractivity contribution in [1.82, 2.24) is 5.32 Å². The molecule has 1 amide bonds. The highest BCUT2D eigenvalue weighted by atomic mass is 32.1. The van der Waals surface area contributed by atoms with Crippen molar-refractivity contribution < 1.29 is 4.79 Å². The molecule has 70 valence electrons. The van der Waals surface area contributed by atoms with Crippen molar-refractivity contribution in [2.75, 3.05) is 6.54 Å². The lowest BCUT2D eigenvalue weighted by atomic mass is 10.2. The van der Waals surface area contributed by atoms with E-state index in [1.165, 1.54) is 0 Å². The molecular weight excluding hydrogens is 184 g/mol. The van der Waals surface area contributed by atoms with Crippen molar-refractivity contribution in [2.24, 2.45) is 5.73 Å². The molecule has 3 N–H and O–H groups in total. The molecule has 0 spiro atoms. The summed E-state index contributed by atoms with van der Waals surface area (Å²) < 4.78 is 0. The summed E-state index contributed by atoms with van der Waals surface area (Å²) in [7, 11) is 0. The van der Waals surface area contributed by atoms with E-state index in [1.54, 1.807) is 17.4 Å². The van der Waals surface area contributed by atoms with E-state index in [4.69, 9.17) is 5.73 Å². The van der Waals surface area contributed by atoms with Gasteiger partial charge in [-0.25, -0.2) is 0 Å². The molecule has 1 unspecified atom stereocenters. The zero-order valence-electron chi connectivity index (χ0n) is 7.19. The predicted molar refractivity (Wildman–Crippen MR) is 54.5 cm³/mol. The molecule has 0 saturated carbocycles. The second-order valence-electron chi connectivity index (χ2n) is 2.58. The summed E-state index contributed by atoms with van der Waals surface area (Å²) in [6, 6.07) is 3.97. The van der Waals surface area contributed by atoms with Crippen LogP contribution in [0.2, 0.25) is 0 Å². The fraction of sp³-hybridized carbons (Fsp3) is 0.222. The van der Waals surface area contributed by atoms with Crippen molar-refractivity contribution in [2.45, 2.75) is 6.04 Å². The van der Waals surface area contributed by atoms with Gasteiger partial charge in [0.25, 0.3) is 0 Å². The number of thiophene rings is 1. The van der Waals surface area contributed by atoms with Gasteiger partial charge in [0.2, 0.25) is 5.91 Å². The number of nitrogens with one attached hydrogen (secondary N) is 1. The van der Waals surface area contributed by atoms with E-state index in [0.29, 0.717) is 0 Å². The van der Waals surface area contributed by atoms with Crippen molar-refractivity contribution in [3.8, 4) is 0 Å². The van der Waals surface area contributed by atoms with Gasteiger partial charge in [0.05, 0.1) is 12.6 Å². The Morgan fingerprint density at radius 3 is 3.08 bits per heavy atom. The lowest BCUT2D eigenvalue weighted by Gasteiger charge is -2.10. The van der Waals surface area contributed by atoms with Gasteiger partial charge in [-0.2, -0.15) is 0 Å². The maximum Gasteiger partial charge on any atom is 0.231 e. The molecule has 1 aromatic rings. The predicted octanol–water partition coefficient (Wildman–Crippen LogP) is 1.05. The first-order valence-corrected chi connectivity index (χ1v) is 4.79. The van der Waals surface area contributed by atoms with Crippen LogP contribution in [0.25, 0.3) is 0 Å². The highest BCUT2D eigenvalue weighted by Gasteiger charge is 2.07. The van der Waals surface area contributed by atoms with Crippen LogP contribution in [-0.2, 0) is 4.79 Å². The van der Waals surface area contributed by atoms with Crippen LogP contribution in [-0.4, -0.2) is 12.5 Å². The molecule has 1 aromatic heterocycles. The number of amides is 1. The average molecular weight is 196 g/mol. The SMILES string of the molecule is C=CC(NCC(N)=O)c1cccs1. The maximum atomic E-state index is 10.5. The third-order valence-electron chi connectivity index (χ3n) is 1.58. The number of hydrogen-bond donors (Lipinski definition) is 2. The monoisotopic (exact) mass is 196 g/mol. The summed E-state index contributed by atoms with van der Waals surface area (Å²) in [6.45, 7) is 3.86. The van der Waals surface area contributed by atoms with Crippen LogP contribution in [0.5, 0.6) is 0 Å². The van der Waals surface area contributed by atoms with Gasteiger partial charge in [0, 0.05) is 4.88 Å². The minimum absolute atomic E-state index is 0.0208. The number of primary amides is 1. The summed E-state index contributed by atoms with van der Waals surface area (Å²) >= 11 is 1.62. The van der Waals surface area contributed by atoms with Crippen LogP contribution in [0.15, 0.2) is 30.2 Å². The zero-order valence-corrected chi connectivity index (χ0v) is 8.01. The number of carbonyl (C=O) groups is 1. The molecule has 3 nitrogen and oxygen atoms in total. The lowest BCUT2D eigenvalue weighted by molar-refractivity contribution is -0.117. The minimum Gasteiger partial charge on any atom is -0.369 e. The molecule has 0 aliphatic rings. The van der Waals surface area contributed by atoms with E-state index in [9.17, 15) is 4.79 Å². The zero-order chi connectivity index (χ0) is 9.68. The van der Waals surface area contributed by atoms with Crippen LogP contribution in [0.1, 0.15) is 10.9 Å². The Kier molecular flexibility index (Phi) is 3.67. The second kappa shape index (κ2) is 4.79. The van der Waals surface area contributed by atoms with Crippen molar-refractivity contribution >= 4 is 17.2 Å². The number of carbonyl (C=O) groups excluding carboxylic acids is 1. The number of hydrogen-bond acceptors (Lipinski definition) is 3. The first-order valence-electron chi connectivity index (χ1n) is 3.91. The standard InChI is InChI=1S/C9H12N2OS/c1-2-7(11-6-9(10)12)8-4-3-5-13-8/h2-5,7,11H,1,6H2,(H2,10,12). The van der Waals surface area contributed by atoms with Crippen LogP contribution < -0.4 is 11.1 Å². The quantitative estimate of drug-likeness (QED) is 0.692. The Morgan fingerprint density at radius 1 is 1.85 bits per heavy atom. The van der Waals surface area contributed by atoms with E-state index >= 15 is 0 Å². The summed E-state index contributed by atoms with van der Waals surface area (Å²) in [5.41, 5.74) is 5.02. The van der Waals surface area contributed by atoms with E-state index in [0.717, 1.165) is 4.88 Å². The molecule has 1 atom stereocenters. The average Bonchev–Trinajstić information content (AvgIpc) is 2.58. The molecule has 0 saturated heterocycles. The maximum absolute atomic E-state index is 10.5. The molecule has 13 heavy (non-hydrogen) atoms. The minimum atomic E-state index is -0.358. The molecule has 0 aliphatic heterocycles. The normalized spacial score (nSPS) is 12.3. The third kappa shape index (κ3) is 3.01. The molecule has 0 bridgehead atoms. The first kappa shape index (κ1) is 9.95. The molecular formula is C9H12N2OS. The molecule has 0 fully saturated rings. The molecule has 0 aliphatic carbocycles. The molecule has 0 aromatic carbocycles. The Hall–Kier alpha value is -1.13. The fourth-order valence-corrected chi connectivity index (χ4v) is 1.78. The van der Waals surface area contributed by atoms with Gasteiger partial charge in [-0.05, 0) is 11.4 Å². The Bertz CT molecular complexity index is 282. The van der Waals surface area contributed by atoms with E-state index in [1.807, 2.05) is 17.5 Å². The molecule has 1 rings (SSSR count). The van der Waals surface area contributed by atoms with Gasteiger partial charge < -0.3 is 5.73 Å². The second-order valence-corrected chi connectivity index (χ2v) is 3.56. The Morgan fingerprint density at radius 2 is 2.62 bits per heavy atom. The summed E-state index contributed by atoms with van der Waals surface area (Å²) in [5, 5.41) is 4.97. The third-order valence-corrected chi connectivity index (χ3v) is 2.54. The molecule has 4 heteroatoms. The van der Waals surface area contributed by atoms with E-state index in [2.05, 4.69) is 11.9 Å². The Labute approximate surface area is 81.3 Å². The molecule has 1 heterocycles. The van der Waals surface area contributed by atoms with Gasteiger partial charge >= 0.3 is 0 Å². The fourth-order valence-electron chi connectivity index (χ4n) is 0.979. The van der Waals surface area contributed by atoms with E-state index in [-0.39, 0.29) is 18.5 Å². The highest BCUT2D eigenvalue weighted by molar-refractivity contribution is 7.10. The van der Waals surface area contributed by atoms with Crippen LogP contribution in [0.4, 0.5) is 0 Å². The molecule has 0 radical (unpaired) electrons. The van der Waals surface area contributed by atoms with Crippen LogP contribution in [0.3, 0.4) is 0 Å².